The van der Waals surface area contributed by atoms with Gasteiger partial charge in [0.25, 0.3) is 5.91 Å². The lowest BCUT2D eigenvalue weighted by Gasteiger charge is -2.16. The highest BCUT2D eigenvalue weighted by molar-refractivity contribution is 9.10. The van der Waals surface area contributed by atoms with E-state index in [0.717, 1.165) is 23.1 Å². The number of amides is 1. The molecule has 1 aliphatic carbocycles. The monoisotopic (exact) mass is 352 g/mol. The van der Waals surface area contributed by atoms with Gasteiger partial charge < -0.3 is 9.42 Å². The summed E-state index contributed by atoms with van der Waals surface area (Å²) < 4.78 is 19.7. The van der Waals surface area contributed by atoms with E-state index >= 15 is 0 Å². The second-order valence-corrected chi connectivity index (χ2v) is 6.20. The third-order valence-electron chi connectivity index (χ3n) is 3.49. The van der Waals surface area contributed by atoms with Gasteiger partial charge in [0, 0.05) is 35.6 Å². The summed E-state index contributed by atoms with van der Waals surface area (Å²) in [5.41, 5.74) is 0.723. The summed E-state index contributed by atoms with van der Waals surface area (Å²) in [4.78, 5) is 13.7. The minimum Gasteiger partial charge on any atom is -0.360 e. The van der Waals surface area contributed by atoms with Crippen LogP contribution in [-0.4, -0.2) is 23.0 Å². The summed E-state index contributed by atoms with van der Waals surface area (Å²) in [6.45, 7) is 0.176. The molecule has 21 heavy (non-hydrogen) atoms. The molecule has 1 aromatic carbocycles. The summed E-state index contributed by atoms with van der Waals surface area (Å²) in [5.74, 6) is 0.564. The van der Waals surface area contributed by atoms with Crippen LogP contribution in [0.3, 0.4) is 0 Å². The molecule has 0 aliphatic heterocycles. The first-order valence-electron chi connectivity index (χ1n) is 6.70. The summed E-state index contributed by atoms with van der Waals surface area (Å²) in [6.07, 6.45) is 2.17. The molecular weight excluding hydrogens is 339 g/mol. The third-order valence-corrected chi connectivity index (χ3v) is 3.98. The lowest BCUT2D eigenvalue weighted by atomic mass is 10.2. The maximum absolute atomic E-state index is 13.7. The van der Waals surface area contributed by atoms with E-state index in [1.165, 1.54) is 11.0 Å². The SMILES string of the molecule is CN(Cc1cc(Br)ccc1F)C(=O)c1cc(C2CC2)on1. The van der Waals surface area contributed by atoms with Crippen molar-refractivity contribution in [2.75, 3.05) is 7.05 Å². The van der Waals surface area contributed by atoms with E-state index in [1.54, 1.807) is 25.2 Å². The normalized spacial score (nSPS) is 14.2. The summed E-state index contributed by atoms with van der Waals surface area (Å²) in [6, 6.07) is 6.35. The number of carbonyl (C=O) groups is 1. The Balaban J connectivity index is 1.72. The number of rotatable bonds is 4. The molecule has 0 bridgehead atoms. The van der Waals surface area contributed by atoms with Gasteiger partial charge in [0.2, 0.25) is 0 Å². The van der Waals surface area contributed by atoms with Gasteiger partial charge in [-0.3, -0.25) is 4.79 Å². The number of hydrogen-bond donors (Lipinski definition) is 0. The summed E-state index contributed by atoms with van der Waals surface area (Å²) in [7, 11) is 1.62. The van der Waals surface area contributed by atoms with E-state index in [-0.39, 0.29) is 24.0 Å². The van der Waals surface area contributed by atoms with Gasteiger partial charge in [-0.2, -0.15) is 0 Å². The van der Waals surface area contributed by atoms with Crippen molar-refractivity contribution < 1.29 is 13.7 Å². The fourth-order valence-corrected chi connectivity index (χ4v) is 2.55. The average Bonchev–Trinajstić information content (AvgIpc) is 3.20. The first kappa shape index (κ1) is 14.3. The Hall–Kier alpha value is -1.69. The Bertz CT molecular complexity index is 682. The largest absolute Gasteiger partial charge is 0.360 e. The molecule has 1 aromatic heterocycles. The predicted octanol–water partition coefficient (Wildman–Crippen LogP) is 3.73. The Labute approximate surface area is 130 Å². The van der Waals surface area contributed by atoms with Crippen LogP contribution >= 0.6 is 15.9 Å². The highest BCUT2D eigenvalue weighted by Gasteiger charge is 2.29. The van der Waals surface area contributed by atoms with Crippen LogP contribution in [0.2, 0.25) is 0 Å². The van der Waals surface area contributed by atoms with Gasteiger partial charge in [0.1, 0.15) is 11.6 Å². The van der Waals surface area contributed by atoms with E-state index in [9.17, 15) is 9.18 Å². The van der Waals surface area contributed by atoms with Crippen LogP contribution in [0.4, 0.5) is 4.39 Å². The van der Waals surface area contributed by atoms with Gasteiger partial charge in [-0.1, -0.05) is 21.1 Å². The van der Waals surface area contributed by atoms with Gasteiger partial charge in [0.05, 0.1) is 0 Å². The van der Waals surface area contributed by atoms with Crippen molar-refractivity contribution in [2.24, 2.45) is 0 Å². The molecule has 0 saturated heterocycles. The minimum atomic E-state index is -0.336. The highest BCUT2D eigenvalue weighted by atomic mass is 79.9. The van der Waals surface area contributed by atoms with E-state index in [0.29, 0.717) is 11.5 Å². The van der Waals surface area contributed by atoms with Crippen LogP contribution in [0.25, 0.3) is 0 Å². The Morgan fingerprint density at radius 3 is 2.95 bits per heavy atom. The molecular formula is C15H14BrFN2O2. The number of halogens is 2. The number of nitrogens with zero attached hydrogens (tertiary/aromatic N) is 2. The standard InChI is InChI=1S/C15H14BrFN2O2/c1-19(8-10-6-11(16)4-5-12(10)17)15(20)13-7-14(21-18-13)9-2-3-9/h4-7,9H,2-3,8H2,1H3. The first-order chi connectivity index (χ1) is 10.0. The van der Waals surface area contributed by atoms with Gasteiger partial charge >= 0.3 is 0 Å². The lowest BCUT2D eigenvalue weighted by Crippen LogP contribution is -2.26. The third kappa shape index (κ3) is 3.15. The minimum absolute atomic E-state index is 0.176. The molecule has 3 rings (SSSR count). The fraction of sp³-hybridized carbons (Fsp3) is 0.333. The highest BCUT2D eigenvalue weighted by Crippen LogP contribution is 2.40. The van der Waals surface area contributed by atoms with Crippen molar-refractivity contribution in [2.45, 2.75) is 25.3 Å². The van der Waals surface area contributed by atoms with Crippen molar-refractivity contribution in [3.05, 3.63) is 51.6 Å². The van der Waals surface area contributed by atoms with Crippen LogP contribution < -0.4 is 0 Å². The first-order valence-corrected chi connectivity index (χ1v) is 7.50. The lowest BCUT2D eigenvalue weighted by molar-refractivity contribution is 0.0773. The molecule has 6 heteroatoms. The Morgan fingerprint density at radius 1 is 1.48 bits per heavy atom. The summed E-state index contributed by atoms with van der Waals surface area (Å²) >= 11 is 3.30. The molecule has 0 spiro atoms. The van der Waals surface area contributed by atoms with Crippen LogP contribution in [0.1, 0.15) is 40.6 Å². The van der Waals surface area contributed by atoms with E-state index < -0.39 is 0 Å². The molecule has 2 aromatic rings. The Morgan fingerprint density at radius 2 is 2.24 bits per heavy atom. The van der Waals surface area contributed by atoms with Gasteiger partial charge in [-0.15, -0.1) is 0 Å². The molecule has 1 aliphatic rings. The fourth-order valence-electron chi connectivity index (χ4n) is 2.14. The zero-order chi connectivity index (χ0) is 15.0. The molecule has 1 amide bonds. The van der Waals surface area contributed by atoms with Crippen LogP contribution in [0, 0.1) is 5.82 Å². The van der Waals surface area contributed by atoms with Gasteiger partial charge in [-0.25, -0.2) is 4.39 Å². The molecule has 110 valence electrons. The molecule has 0 unspecified atom stereocenters. The topological polar surface area (TPSA) is 46.3 Å². The van der Waals surface area contributed by atoms with E-state index in [2.05, 4.69) is 21.1 Å². The van der Waals surface area contributed by atoms with Crippen molar-refractivity contribution in [3.8, 4) is 0 Å². The van der Waals surface area contributed by atoms with E-state index in [4.69, 9.17) is 4.52 Å². The van der Waals surface area contributed by atoms with Gasteiger partial charge in [-0.05, 0) is 31.0 Å². The second-order valence-electron chi connectivity index (χ2n) is 5.29. The van der Waals surface area contributed by atoms with Crippen molar-refractivity contribution >= 4 is 21.8 Å². The molecule has 0 radical (unpaired) electrons. The van der Waals surface area contributed by atoms with Crippen molar-refractivity contribution in [1.29, 1.82) is 0 Å². The molecule has 4 nitrogen and oxygen atoms in total. The maximum Gasteiger partial charge on any atom is 0.276 e. The molecule has 1 fully saturated rings. The average molecular weight is 353 g/mol. The van der Waals surface area contributed by atoms with Crippen molar-refractivity contribution in [3.63, 3.8) is 0 Å². The zero-order valence-electron chi connectivity index (χ0n) is 11.5. The van der Waals surface area contributed by atoms with E-state index in [1.807, 2.05) is 0 Å². The molecule has 1 saturated carbocycles. The van der Waals surface area contributed by atoms with Crippen molar-refractivity contribution in [1.82, 2.24) is 10.1 Å². The Kier molecular flexibility index (Phi) is 3.80. The zero-order valence-corrected chi connectivity index (χ0v) is 13.1. The second kappa shape index (κ2) is 5.60. The molecule has 0 N–H and O–H groups in total. The quantitative estimate of drug-likeness (QED) is 0.842. The van der Waals surface area contributed by atoms with Crippen LogP contribution in [0.15, 0.2) is 33.3 Å². The number of carbonyl (C=O) groups excluding carboxylic acids is 1. The summed E-state index contributed by atoms with van der Waals surface area (Å²) in [5, 5.41) is 3.81. The number of hydrogen-bond acceptors (Lipinski definition) is 3. The molecule has 0 atom stereocenters. The van der Waals surface area contributed by atoms with Crippen LogP contribution in [-0.2, 0) is 6.54 Å². The molecule has 1 heterocycles. The number of benzene rings is 1. The van der Waals surface area contributed by atoms with Crippen LogP contribution in [0.5, 0.6) is 0 Å². The predicted molar refractivity (Wildman–Crippen MR) is 78.4 cm³/mol. The maximum atomic E-state index is 13.7. The van der Waals surface area contributed by atoms with Gasteiger partial charge in [0.15, 0.2) is 5.69 Å². The number of aromatic nitrogens is 1. The smallest absolute Gasteiger partial charge is 0.276 e.